The fourth-order valence-electron chi connectivity index (χ4n) is 4.64. The largest absolute Gasteiger partial charge is 0.312 e. The number of nitrogens with zero attached hydrogens (tertiary/aromatic N) is 1. The summed E-state index contributed by atoms with van der Waals surface area (Å²) in [5, 5.41) is 0. The third-order valence-corrected chi connectivity index (χ3v) is 5.54. The van der Waals surface area contributed by atoms with Gasteiger partial charge in [0, 0.05) is 0 Å². The molecule has 0 aromatic rings. The zero-order valence-corrected chi connectivity index (χ0v) is 12.7. The summed E-state index contributed by atoms with van der Waals surface area (Å²) in [6.07, 6.45) is 18.7. The summed E-state index contributed by atoms with van der Waals surface area (Å²) < 4.78 is 1.28. The van der Waals surface area contributed by atoms with Crippen LogP contribution in [0.15, 0.2) is 25.3 Å². The molecule has 0 aliphatic heterocycles. The van der Waals surface area contributed by atoms with Crippen molar-refractivity contribution in [1.29, 1.82) is 0 Å². The van der Waals surface area contributed by atoms with Gasteiger partial charge < -0.3 is 4.48 Å². The molecule has 108 valence electrons. The first-order chi connectivity index (χ1) is 9.33. The molecule has 0 saturated heterocycles. The van der Waals surface area contributed by atoms with Gasteiger partial charge in [0.15, 0.2) is 0 Å². The van der Waals surface area contributed by atoms with Crippen molar-refractivity contribution in [2.24, 2.45) is 0 Å². The predicted molar refractivity (Wildman–Crippen MR) is 84.1 cm³/mol. The SMILES string of the molecule is C=CC[N+](CC=C)(C1CCCCC1)C1CCCCC1. The smallest absolute Gasteiger partial charge is 0.0977 e. The van der Waals surface area contributed by atoms with Crippen LogP contribution >= 0.6 is 0 Å². The average Bonchev–Trinajstić information content (AvgIpc) is 2.49. The Hall–Kier alpha value is -0.560. The summed E-state index contributed by atoms with van der Waals surface area (Å²) in [7, 11) is 0. The summed E-state index contributed by atoms with van der Waals surface area (Å²) >= 11 is 0. The van der Waals surface area contributed by atoms with E-state index in [1.165, 1.54) is 68.7 Å². The lowest BCUT2D eigenvalue weighted by molar-refractivity contribution is -0.966. The van der Waals surface area contributed by atoms with Crippen molar-refractivity contribution in [3.05, 3.63) is 25.3 Å². The lowest BCUT2D eigenvalue weighted by Gasteiger charge is -2.51. The Bertz CT molecular complexity index is 252. The molecule has 0 unspecified atom stereocenters. The molecule has 2 rings (SSSR count). The number of hydrogen-bond donors (Lipinski definition) is 0. The summed E-state index contributed by atoms with van der Waals surface area (Å²) in [6, 6.07) is 1.74. The van der Waals surface area contributed by atoms with Crippen molar-refractivity contribution < 1.29 is 4.48 Å². The quantitative estimate of drug-likeness (QED) is 0.474. The molecule has 2 saturated carbocycles. The van der Waals surface area contributed by atoms with E-state index in [1.807, 2.05) is 0 Å². The van der Waals surface area contributed by atoms with Crippen LogP contribution in [0.4, 0.5) is 0 Å². The molecule has 0 heterocycles. The Morgan fingerprint density at radius 3 is 1.37 bits per heavy atom. The minimum atomic E-state index is 0.868. The average molecular weight is 262 g/mol. The molecule has 19 heavy (non-hydrogen) atoms. The van der Waals surface area contributed by atoms with Gasteiger partial charge in [0.1, 0.15) is 0 Å². The molecule has 2 aliphatic carbocycles. The Morgan fingerprint density at radius 2 is 1.05 bits per heavy atom. The van der Waals surface area contributed by atoms with Crippen LogP contribution in [0.5, 0.6) is 0 Å². The topological polar surface area (TPSA) is 0 Å². The molecule has 0 amide bonds. The minimum Gasteiger partial charge on any atom is -0.312 e. The number of hydrogen-bond acceptors (Lipinski definition) is 0. The molecule has 1 heteroatoms. The van der Waals surface area contributed by atoms with Gasteiger partial charge >= 0.3 is 0 Å². The molecule has 0 N–H and O–H groups in total. The van der Waals surface area contributed by atoms with Crippen LogP contribution < -0.4 is 0 Å². The van der Waals surface area contributed by atoms with Crippen LogP contribution in [0, 0.1) is 0 Å². The van der Waals surface area contributed by atoms with E-state index in [2.05, 4.69) is 25.3 Å². The highest BCUT2D eigenvalue weighted by Gasteiger charge is 2.42. The van der Waals surface area contributed by atoms with E-state index in [-0.39, 0.29) is 0 Å². The molecule has 0 radical (unpaired) electrons. The number of rotatable bonds is 6. The van der Waals surface area contributed by atoms with E-state index in [9.17, 15) is 0 Å². The maximum absolute atomic E-state index is 4.07. The van der Waals surface area contributed by atoms with E-state index < -0.39 is 0 Å². The Kier molecular flexibility index (Phi) is 5.69. The fourth-order valence-corrected chi connectivity index (χ4v) is 4.64. The highest BCUT2D eigenvalue weighted by molar-refractivity contribution is 4.82. The van der Waals surface area contributed by atoms with Crippen molar-refractivity contribution in [2.45, 2.75) is 76.3 Å². The molecule has 0 bridgehead atoms. The summed E-state index contributed by atoms with van der Waals surface area (Å²) in [4.78, 5) is 0. The molecule has 2 aliphatic rings. The van der Waals surface area contributed by atoms with Gasteiger partial charge in [-0.15, -0.1) is 0 Å². The van der Waals surface area contributed by atoms with Crippen LogP contribution in [0.25, 0.3) is 0 Å². The van der Waals surface area contributed by atoms with Crippen LogP contribution in [0.3, 0.4) is 0 Å². The van der Waals surface area contributed by atoms with Gasteiger partial charge in [-0.25, -0.2) is 0 Å². The van der Waals surface area contributed by atoms with E-state index in [0.717, 1.165) is 25.2 Å². The predicted octanol–water partition coefficient (Wildman–Crippen LogP) is 4.84. The molecule has 0 aromatic heterocycles. The highest BCUT2D eigenvalue weighted by Crippen LogP contribution is 2.36. The standard InChI is InChI=1S/C18H32N/c1-3-15-19(16-4-2,17-11-7-5-8-12-17)18-13-9-6-10-14-18/h3-4,17-18H,1-2,5-16H2/q+1. The maximum atomic E-state index is 4.07. The van der Waals surface area contributed by atoms with Crippen LogP contribution in [0.2, 0.25) is 0 Å². The second kappa shape index (κ2) is 7.28. The van der Waals surface area contributed by atoms with Crippen molar-refractivity contribution in [1.82, 2.24) is 0 Å². The summed E-state index contributed by atoms with van der Waals surface area (Å²) in [5.74, 6) is 0. The van der Waals surface area contributed by atoms with Gasteiger partial charge in [0.05, 0.1) is 25.2 Å². The maximum Gasteiger partial charge on any atom is 0.0977 e. The van der Waals surface area contributed by atoms with Crippen molar-refractivity contribution >= 4 is 0 Å². The monoisotopic (exact) mass is 262 g/mol. The van der Waals surface area contributed by atoms with Crippen molar-refractivity contribution in [3.63, 3.8) is 0 Å². The van der Waals surface area contributed by atoms with Gasteiger partial charge in [0.2, 0.25) is 0 Å². The van der Waals surface area contributed by atoms with E-state index in [0.29, 0.717) is 0 Å². The normalized spacial score (nSPS) is 23.2. The van der Waals surface area contributed by atoms with Crippen molar-refractivity contribution in [2.75, 3.05) is 13.1 Å². The molecule has 0 spiro atoms. The van der Waals surface area contributed by atoms with E-state index in [1.54, 1.807) is 0 Å². The van der Waals surface area contributed by atoms with Gasteiger partial charge in [0.25, 0.3) is 0 Å². The Labute approximate surface area is 120 Å². The summed E-state index contributed by atoms with van der Waals surface area (Å²) in [5.41, 5.74) is 0. The van der Waals surface area contributed by atoms with Crippen LogP contribution in [0.1, 0.15) is 64.2 Å². The van der Waals surface area contributed by atoms with Gasteiger partial charge in [-0.05, 0) is 63.5 Å². The zero-order valence-electron chi connectivity index (χ0n) is 12.7. The molecule has 2 fully saturated rings. The Balaban J connectivity index is 2.21. The summed E-state index contributed by atoms with van der Waals surface area (Å²) in [6.45, 7) is 10.4. The fraction of sp³-hybridized carbons (Fsp3) is 0.778. The van der Waals surface area contributed by atoms with Crippen LogP contribution in [-0.2, 0) is 0 Å². The number of quaternary nitrogens is 1. The molecular formula is C18H32N+. The lowest BCUT2D eigenvalue weighted by atomic mass is 9.85. The zero-order chi connectivity index (χ0) is 13.6. The second-order valence-electron chi connectivity index (χ2n) is 6.63. The highest BCUT2D eigenvalue weighted by atomic mass is 15.4. The molecule has 1 nitrogen and oxygen atoms in total. The van der Waals surface area contributed by atoms with Crippen LogP contribution in [-0.4, -0.2) is 29.7 Å². The first-order valence-corrected chi connectivity index (χ1v) is 8.41. The lowest BCUT2D eigenvalue weighted by Crippen LogP contribution is -2.62. The molecule has 0 aromatic carbocycles. The first-order valence-electron chi connectivity index (χ1n) is 8.41. The minimum absolute atomic E-state index is 0.868. The first kappa shape index (κ1) is 14.8. The van der Waals surface area contributed by atoms with Gasteiger partial charge in [-0.2, -0.15) is 0 Å². The molecule has 0 atom stereocenters. The molecular weight excluding hydrogens is 230 g/mol. The van der Waals surface area contributed by atoms with Crippen molar-refractivity contribution in [3.8, 4) is 0 Å². The van der Waals surface area contributed by atoms with E-state index in [4.69, 9.17) is 0 Å². The third kappa shape index (κ3) is 3.31. The second-order valence-corrected chi connectivity index (χ2v) is 6.63. The van der Waals surface area contributed by atoms with Gasteiger partial charge in [-0.1, -0.05) is 26.0 Å². The van der Waals surface area contributed by atoms with E-state index >= 15 is 0 Å². The third-order valence-electron chi connectivity index (χ3n) is 5.54. The van der Waals surface area contributed by atoms with Gasteiger partial charge in [-0.3, -0.25) is 0 Å². The Morgan fingerprint density at radius 1 is 0.684 bits per heavy atom.